The summed E-state index contributed by atoms with van der Waals surface area (Å²) in [7, 11) is 1.54. The monoisotopic (exact) mass is 296 g/mol. The van der Waals surface area contributed by atoms with Gasteiger partial charge in [-0.1, -0.05) is 6.92 Å². The van der Waals surface area contributed by atoms with Gasteiger partial charge in [-0.15, -0.1) is 11.3 Å². The van der Waals surface area contributed by atoms with Gasteiger partial charge in [0.1, 0.15) is 9.88 Å². The fourth-order valence-electron chi connectivity index (χ4n) is 2.55. The number of nitrogens with one attached hydrogen (secondary N) is 1. The quantitative estimate of drug-likeness (QED) is 0.775. The van der Waals surface area contributed by atoms with E-state index in [9.17, 15) is 9.59 Å². The summed E-state index contributed by atoms with van der Waals surface area (Å²) in [6.07, 6.45) is 2.23. The molecule has 1 aromatic rings. The lowest BCUT2D eigenvalue weighted by Gasteiger charge is -2.32. The van der Waals surface area contributed by atoms with Crippen LogP contribution < -0.4 is 21.7 Å². The molecular formula is C13H20N4O2S. The smallest absolute Gasteiger partial charge is 0.263 e. The Morgan fingerprint density at radius 2 is 2.15 bits per heavy atom. The molecule has 1 atom stereocenters. The number of rotatable bonds is 3. The van der Waals surface area contributed by atoms with E-state index in [1.165, 1.54) is 24.8 Å². The lowest BCUT2D eigenvalue weighted by atomic mass is 10.0. The Bertz CT molecular complexity index is 541. The van der Waals surface area contributed by atoms with Crippen LogP contribution in [0.5, 0.6) is 0 Å². The van der Waals surface area contributed by atoms with Gasteiger partial charge in [0.15, 0.2) is 0 Å². The topological polar surface area (TPSA) is 101 Å². The Labute approximate surface area is 122 Å². The number of nitrogens with two attached hydrogens (primary N) is 2. The van der Waals surface area contributed by atoms with Crippen molar-refractivity contribution in [2.45, 2.75) is 19.8 Å². The van der Waals surface area contributed by atoms with Crippen LogP contribution in [-0.2, 0) is 0 Å². The molecule has 0 radical (unpaired) electrons. The molecule has 2 heterocycles. The van der Waals surface area contributed by atoms with Crippen molar-refractivity contribution in [3.05, 3.63) is 10.4 Å². The summed E-state index contributed by atoms with van der Waals surface area (Å²) < 4.78 is 0. The average Bonchev–Trinajstić information content (AvgIpc) is 2.75. The van der Waals surface area contributed by atoms with Gasteiger partial charge >= 0.3 is 0 Å². The lowest BCUT2D eigenvalue weighted by Crippen LogP contribution is -2.35. The number of amides is 2. The van der Waals surface area contributed by atoms with Gasteiger partial charge in [0, 0.05) is 20.1 Å². The summed E-state index contributed by atoms with van der Waals surface area (Å²) in [6, 6.07) is 0. The third kappa shape index (κ3) is 2.58. The average molecular weight is 296 g/mol. The number of carbonyl (C=O) groups is 2. The predicted molar refractivity (Wildman–Crippen MR) is 81.3 cm³/mol. The van der Waals surface area contributed by atoms with Gasteiger partial charge in [-0.05, 0) is 18.8 Å². The lowest BCUT2D eigenvalue weighted by molar-refractivity contribution is 0.0967. The number of nitrogen functional groups attached to an aromatic ring is 1. The SMILES string of the molecule is CNC(=O)c1sc(N2CCCC(C)C2)c(C(N)=O)c1N. The Balaban J connectivity index is 2.45. The van der Waals surface area contributed by atoms with Crippen molar-refractivity contribution in [3.8, 4) is 0 Å². The summed E-state index contributed by atoms with van der Waals surface area (Å²) >= 11 is 1.24. The number of anilines is 2. The summed E-state index contributed by atoms with van der Waals surface area (Å²) in [4.78, 5) is 26.0. The molecule has 110 valence electrons. The maximum atomic E-state index is 11.8. The highest BCUT2D eigenvalue weighted by Crippen LogP contribution is 2.39. The highest BCUT2D eigenvalue weighted by Gasteiger charge is 2.28. The van der Waals surface area contributed by atoms with Crippen LogP contribution in [0.1, 0.15) is 39.8 Å². The normalized spacial score (nSPS) is 18.9. The summed E-state index contributed by atoms with van der Waals surface area (Å²) in [6.45, 7) is 3.89. The van der Waals surface area contributed by atoms with E-state index in [4.69, 9.17) is 11.5 Å². The number of piperidine rings is 1. The second-order valence-corrected chi connectivity index (χ2v) is 6.16. The van der Waals surface area contributed by atoms with Crippen LogP contribution in [0.2, 0.25) is 0 Å². The molecule has 1 aromatic heterocycles. The summed E-state index contributed by atoms with van der Waals surface area (Å²) in [5.74, 6) is -0.315. The van der Waals surface area contributed by atoms with E-state index >= 15 is 0 Å². The largest absolute Gasteiger partial charge is 0.397 e. The molecule has 0 bridgehead atoms. The first-order valence-corrected chi connectivity index (χ1v) is 7.46. The molecule has 0 saturated carbocycles. The molecular weight excluding hydrogens is 276 g/mol. The first-order valence-electron chi connectivity index (χ1n) is 6.64. The summed E-state index contributed by atoms with van der Waals surface area (Å²) in [5, 5.41) is 3.26. The molecule has 0 aromatic carbocycles. The van der Waals surface area contributed by atoms with Crippen molar-refractivity contribution in [3.63, 3.8) is 0 Å². The van der Waals surface area contributed by atoms with Gasteiger partial charge in [-0.25, -0.2) is 0 Å². The van der Waals surface area contributed by atoms with E-state index in [0.29, 0.717) is 10.8 Å². The number of nitrogens with zero attached hydrogens (tertiary/aromatic N) is 1. The molecule has 5 N–H and O–H groups in total. The van der Waals surface area contributed by atoms with Gasteiger partial charge in [0.2, 0.25) is 0 Å². The molecule has 1 fully saturated rings. The molecule has 7 heteroatoms. The molecule has 1 aliphatic heterocycles. The van der Waals surface area contributed by atoms with E-state index in [2.05, 4.69) is 17.1 Å². The van der Waals surface area contributed by atoms with Crippen molar-refractivity contribution in [1.82, 2.24) is 5.32 Å². The number of hydrogen-bond acceptors (Lipinski definition) is 5. The van der Waals surface area contributed by atoms with Crippen LogP contribution in [-0.4, -0.2) is 32.0 Å². The van der Waals surface area contributed by atoms with Crippen LogP contribution >= 0.6 is 11.3 Å². The van der Waals surface area contributed by atoms with Crippen molar-refractivity contribution in [1.29, 1.82) is 0 Å². The minimum atomic E-state index is -0.581. The Morgan fingerprint density at radius 3 is 2.70 bits per heavy atom. The zero-order valence-electron chi connectivity index (χ0n) is 11.7. The van der Waals surface area contributed by atoms with Gasteiger partial charge in [0.05, 0.1) is 11.3 Å². The number of hydrogen-bond donors (Lipinski definition) is 3. The highest BCUT2D eigenvalue weighted by molar-refractivity contribution is 7.19. The third-order valence-corrected chi connectivity index (χ3v) is 4.82. The van der Waals surface area contributed by atoms with Gasteiger partial charge < -0.3 is 21.7 Å². The number of primary amides is 1. The minimum Gasteiger partial charge on any atom is -0.397 e. The molecule has 1 aliphatic rings. The second kappa shape index (κ2) is 5.70. The Kier molecular flexibility index (Phi) is 4.17. The maximum Gasteiger partial charge on any atom is 0.263 e. The fraction of sp³-hybridized carbons (Fsp3) is 0.538. The van der Waals surface area contributed by atoms with Crippen LogP contribution in [0.3, 0.4) is 0 Å². The molecule has 6 nitrogen and oxygen atoms in total. The molecule has 2 rings (SSSR count). The fourth-order valence-corrected chi connectivity index (χ4v) is 3.76. The van der Waals surface area contributed by atoms with E-state index in [-0.39, 0.29) is 17.2 Å². The van der Waals surface area contributed by atoms with Gasteiger partial charge in [-0.2, -0.15) is 0 Å². The minimum absolute atomic E-state index is 0.190. The molecule has 2 amide bonds. The van der Waals surface area contributed by atoms with Crippen molar-refractivity contribution < 1.29 is 9.59 Å². The molecule has 1 unspecified atom stereocenters. The zero-order chi connectivity index (χ0) is 14.9. The van der Waals surface area contributed by atoms with Crippen LogP contribution in [0, 0.1) is 5.92 Å². The van der Waals surface area contributed by atoms with Crippen LogP contribution in [0.15, 0.2) is 0 Å². The highest BCUT2D eigenvalue weighted by atomic mass is 32.1. The van der Waals surface area contributed by atoms with Crippen LogP contribution in [0.25, 0.3) is 0 Å². The van der Waals surface area contributed by atoms with Gasteiger partial charge in [-0.3, -0.25) is 9.59 Å². The first kappa shape index (κ1) is 14.6. The molecule has 0 aliphatic carbocycles. The van der Waals surface area contributed by atoms with E-state index in [1.807, 2.05) is 0 Å². The van der Waals surface area contributed by atoms with Crippen molar-refractivity contribution >= 4 is 33.8 Å². The molecule has 0 spiro atoms. The van der Waals surface area contributed by atoms with E-state index < -0.39 is 5.91 Å². The van der Waals surface area contributed by atoms with Crippen molar-refractivity contribution in [2.24, 2.45) is 11.7 Å². The Hall–Kier alpha value is -1.76. The number of carbonyl (C=O) groups excluding carboxylic acids is 2. The Morgan fingerprint density at radius 1 is 1.45 bits per heavy atom. The van der Waals surface area contributed by atoms with E-state index in [0.717, 1.165) is 24.5 Å². The number of thiophene rings is 1. The van der Waals surface area contributed by atoms with Crippen molar-refractivity contribution in [2.75, 3.05) is 30.8 Å². The molecule has 20 heavy (non-hydrogen) atoms. The zero-order valence-corrected chi connectivity index (χ0v) is 12.5. The second-order valence-electron chi connectivity index (χ2n) is 5.16. The standard InChI is InChI=1S/C13H20N4O2S/c1-7-4-3-5-17(6-7)13-8(11(15)18)9(14)10(20-13)12(19)16-2/h7H,3-6,14H2,1-2H3,(H2,15,18)(H,16,19). The van der Waals surface area contributed by atoms with E-state index in [1.54, 1.807) is 0 Å². The maximum absolute atomic E-state index is 11.8. The summed E-state index contributed by atoms with van der Waals surface area (Å²) in [5.41, 5.74) is 11.9. The third-order valence-electron chi connectivity index (χ3n) is 3.55. The van der Waals surface area contributed by atoms with Crippen LogP contribution in [0.4, 0.5) is 10.7 Å². The molecule has 1 saturated heterocycles. The predicted octanol–water partition coefficient (Wildman–Crippen LogP) is 1.03. The van der Waals surface area contributed by atoms with Gasteiger partial charge in [0.25, 0.3) is 11.8 Å². The first-order chi connectivity index (χ1) is 9.45.